The highest BCUT2D eigenvalue weighted by molar-refractivity contribution is 6.30. The topological polar surface area (TPSA) is 89.5 Å². The first-order valence-electron chi connectivity index (χ1n) is 10.8. The summed E-state index contributed by atoms with van der Waals surface area (Å²) in [6.45, 7) is 0. The van der Waals surface area contributed by atoms with E-state index >= 15 is 0 Å². The SMILES string of the molecule is COc1ccc(/C(C#N)=C/c2ccc(-c3cccc4c3C(=O)c3ccccc3C4=O)o2)cc1OC. The van der Waals surface area contributed by atoms with Gasteiger partial charge in [0.15, 0.2) is 23.1 Å². The first kappa shape index (κ1) is 21.9. The lowest BCUT2D eigenvalue weighted by molar-refractivity contribution is 0.0979. The van der Waals surface area contributed by atoms with Gasteiger partial charge in [-0.25, -0.2) is 0 Å². The largest absolute Gasteiger partial charge is 0.493 e. The average Bonchev–Trinajstić information content (AvgIpc) is 3.38. The minimum Gasteiger partial charge on any atom is -0.493 e. The van der Waals surface area contributed by atoms with Crippen molar-refractivity contribution in [2.75, 3.05) is 14.2 Å². The Balaban J connectivity index is 1.55. The molecule has 0 amide bonds. The average molecular weight is 461 g/mol. The van der Waals surface area contributed by atoms with E-state index in [9.17, 15) is 14.9 Å². The molecule has 0 radical (unpaired) electrons. The third-order valence-electron chi connectivity index (χ3n) is 5.95. The maximum atomic E-state index is 13.3. The van der Waals surface area contributed by atoms with Crippen LogP contribution in [0.25, 0.3) is 23.0 Å². The van der Waals surface area contributed by atoms with Crippen molar-refractivity contribution in [1.29, 1.82) is 5.26 Å². The van der Waals surface area contributed by atoms with Crippen LogP contribution in [-0.4, -0.2) is 25.8 Å². The molecule has 0 atom stereocenters. The van der Waals surface area contributed by atoms with Gasteiger partial charge >= 0.3 is 0 Å². The zero-order chi connectivity index (χ0) is 24.5. The third-order valence-corrected chi connectivity index (χ3v) is 5.95. The molecule has 5 rings (SSSR count). The minimum atomic E-state index is -0.220. The number of ketones is 2. The maximum absolute atomic E-state index is 13.3. The lowest BCUT2D eigenvalue weighted by Gasteiger charge is -2.19. The number of fused-ring (bicyclic) bond motifs is 2. The molecular weight excluding hydrogens is 442 g/mol. The molecule has 4 aromatic rings. The molecule has 6 nitrogen and oxygen atoms in total. The van der Waals surface area contributed by atoms with Crippen LogP contribution in [0, 0.1) is 11.3 Å². The molecule has 1 aliphatic carbocycles. The number of allylic oxidation sites excluding steroid dienone is 1. The van der Waals surface area contributed by atoms with E-state index in [1.165, 1.54) is 7.11 Å². The van der Waals surface area contributed by atoms with Gasteiger partial charge in [0, 0.05) is 27.8 Å². The van der Waals surface area contributed by atoms with Crippen LogP contribution in [0.2, 0.25) is 0 Å². The van der Waals surface area contributed by atoms with Crippen LogP contribution in [0.1, 0.15) is 43.2 Å². The number of hydrogen-bond donors (Lipinski definition) is 0. The predicted octanol–water partition coefficient (Wildman–Crippen LogP) is 5.80. The molecule has 1 aromatic heterocycles. The zero-order valence-corrected chi connectivity index (χ0v) is 19.0. The highest BCUT2D eigenvalue weighted by atomic mass is 16.5. The quantitative estimate of drug-likeness (QED) is 0.307. The van der Waals surface area contributed by atoms with Gasteiger partial charge in [0.25, 0.3) is 0 Å². The van der Waals surface area contributed by atoms with Gasteiger partial charge in [0.05, 0.1) is 25.9 Å². The molecule has 6 heteroatoms. The van der Waals surface area contributed by atoms with Crippen LogP contribution in [0.3, 0.4) is 0 Å². The molecule has 0 N–H and O–H groups in total. The first-order chi connectivity index (χ1) is 17.0. The third kappa shape index (κ3) is 3.69. The smallest absolute Gasteiger partial charge is 0.195 e. The van der Waals surface area contributed by atoms with Crippen LogP contribution in [-0.2, 0) is 0 Å². The maximum Gasteiger partial charge on any atom is 0.195 e. The first-order valence-corrected chi connectivity index (χ1v) is 10.8. The summed E-state index contributed by atoms with van der Waals surface area (Å²) in [4.78, 5) is 26.3. The minimum absolute atomic E-state index is 0.191. The number of carbonyl (C=O) groups excluding carboxylic acids is 2. The number of benzene rings is 3. The van der Waals surface area contributed by atoms with Crippen molar-refractivity contribution in [1.82, 2.24) is 0 Å². The number of furan rings is 1. The molecule has 1 heterocycles. The number of rotatable bonds is 5. The number of nitriles is 1. The molecule has 0 fully saturated rings. The van der Waals surface area contributed by atoms with Crippen molar-refractivity contribution in [2.24, 2.45) is 0 Å². The number of nitrogens with zero attached hydrogens (tertiary/aromatic N) is 1. The lowest BCUT2D eigenvalue weighted by Crippen LogP contribution is -2.21. The van der Waals surface area contributed by atoms with Crippen molar-refractivity contribution in [2.45, 2.75) is 0 Å². The van der Waals surface area contributed by atoms with E-state index in [0.29, 0.717) is 62.0 Å². The number of ether oxygens (including phenoxy) is 2. The van der Waals surface area contributed by atoms with Crippen LogP contribution in [0.15, 0.2) is 77.2 Å². The molecule has 1 aliphatic rings. The van der Waals surface area contributed by atoms with E-state index in [1.807, 2.05) is 0 Å². The fraction of sp³-hybridized carbons (Fsp3) is 0.0690. The summed E-state index contributed by atoms with van der Waals surface area (Å²) >= 11 is 0. The summed E-state index contributed by atoms with van der Waals surface area (Å²) in [6.07, 6.45) is 1.61. The van der Waals surface area contributed by atoms with Gasteiger partial charge in [-0.2, -0.15) is 5.26 Å². The Labute approximate surface area is 201 Å². The number of methoxy groups -OCH3 is 2. The van der Waals surface area contributed by atoms with E-state index < -0.39 is 0 Å². The van der Waals surface area contributed by atoms with Gasteiger partial charge in [0.2, 0.25) is 0 Å². The Morgan fingerprint density at radius 1 is 0.800 bits per heavy atom. The van der Waals surface area contributed by atoms with Gasteiger partial charge in [-0.05, 0) is 42.0 Å². The Kier molecular flexibility index (Phi) is 5.52. The zero-order valence-electron chi connectivity index (χ0n) is 19.0. The second-order valence-electron chi connectivity index (χ2n) is 7.87. The van der Waals surface area contributed by atoms with E-state index in [2.05, 4.69) is 6.07 Å². The summed E-state index contributed by atoms with van der Waals surface area (Å²) in [7, 11) is 3.07. The number of hydrogen-bond acceptors (Lipinski definition) is 6. The Morgan fingerprint density at radius 2 is 1.49 bits per heavy atom. The van der Waals surface area contributed by atoms with E-state index in [-0.39, 0.29) is 11.6 Å². The van der Waals surface area contributed by atoms with E-state index in [1.54, 1.807) is 86.0 Å². The van der Waals surface area contributed by atoms with Crippen LogP contribution < -0.4 is 9.47 Å². The second-order valence-corrected chi connectivity index (χ2v) is 7.87. The van der Waals surface area contributed by atoms with Gasteiger partial charge < -0.3 is 13.9 Å². The Morgan fingerprint density at radius 3 is 2.20 bits per heavy atom. The van der Waals surface area contributed by atoms with Crippen molar-refractivity contribution in [3.05, 3.63) is 106 Å². The van der Waals surface area contributed by atoms with Gasteiger partial charge in [-0.15, -0.1) is 0 Å². The van der Waals surface area contributed by atoms with Crippen LogP contribution in [0.5, 0.6) is 11.5 Å². The normalized spacial score (nSPS) is 12.5. The highest BCUT2D eigenvalue weighted by Crippen LogP contribution is 2.36. The molecule has 0 spiro atoms. The molecule has 3 aromatic carbocycles. The molecule has 0 aliphatic heterocycles. The molecule has 0 saturated heterocycles. The van der Waals surface area contributed by atoms with E-state index in [0.717, 1.165) is 0 Å². The fourth-order valence-electron chi connectivity index (χ4n) is 4.25. The monoisotopic (exact) mass is 461 g/mol. The van der Waals surface area contributed by atoms with Crippen molar-refractivity contribution >= 4 is 23.2 Å². The highest BCUT2D eigenvalue weighted by Gasteiger charge is 2.32. The van der Waals surface area contributed by atoms with Crippen LogP contribution in [0.4, 0.5) is 0 Å². The molecular formula is C29H19NO5. The Bertz CT molecular complexity index is 1570. The number of carbonyl (C=O) groups is 2. The lowest BCUT2D eigenvalue weighted by atomic mass is 9.81. The summed E-state index contributed by atoms with van der Waals surface area (Å²) in [6, 6.07) is 22.8. The molecule has 0 saturated carbocycles. The molecule has 170 valence electrons. The summed E-state index contributed by atoms with van der Waals surface area (Å²) in [5, 5.41) is 9.76. The Hall–Kier alpha value is -4.89. The van der Waals surface area contributed by atoms with Gasteiger partial charge in [-0.1, -0.05) is 42.5 Å². The van der Waals surface area contributed by atoms with Gasteiger partial charge in [-0.3, -0.25) is 9.59 Å². The van der Waals surface area contributed by atoms with Gasteiger partial charge in [0.1, 0.15) is 11.5 Å². The summed E-state index contributed by atoms with van der Waals surface area (Å²) in [5.41, 5.74) is 2.98. The standard InChI is InChI=1S/C29H19NO5/c1-33-25-12-10-17(15-26(25)34-2)18(16-30)14-19-11-13-24(35-19)22-8-5-9-23-27(22)29(32)21-7-4-3-6-20(21)28(23)31/h3-15H,1-2H3/b18-14+. The summed E-state index contributed by atoms with van der Waals surface area (Å²) < 4.78 is 16.6. The second kappa shape index (κ2) is 8.81. The summed E-state index contributed by atoms with van der Waals surface area (Å²) in [5.74, 6) is 1.51. The molecule has 0 unspecified atom stereocenters. The van der Waals surface area contributed by atoms with Crippen molar-refractivity contribution in [3.8, 4) is 28.9 Å². The van der Waals surface area contributed by atoms with Crippen molar-refractivity contribution < 1.29 is 23.5 Å². The predicted molar refractivity (Wildman–Crippen MR) is 130 cm³/mol. The molecule has 35 heavy (non-hydrogen) atoms. The molecule has 0 bridgehead atoms. The van der Waals surface area contributed by atoms with Crippen LogP contribution >= 0.6 is 0 Å². The van der Waals surface area contributed by atoms with E-state index in [4.69, 9.17) is 13.9 Å². The fourth-order valence-corrected chi connectivity index (χ4v) is 4.25. The van der Waals surface area contributed by atoms with Crippen molar-refractivity contribution in [3.63, 3.8) is 0 Å².